The van der Waals surface area contributed by atoms with Gasteiger partial charge in [-0.05, 0) is 63.0 Å². The standard InChI is InChI=1S/C43H66N14O10S2/c44-34(60)30-22-68-69-23-31(39(65)55-30)56-37(63)28(20-24-10-3-1-4-11-24)53-38(64)29(21-33(58)59)54-36(62)26(14-7-17-49-42(45)46)51-35(61)27(15-8-18-50-43(47)48)52-40(66)32-16-9-19-57(32)41(67)25-12-5-2-6-13-25/h2,5-6,12-13,24,26-32H,1,3-4,7-11,14-23H2,(H2,44,60)(H,51,61)(H,52,66)(H,53,64)(H,54,62)(H,55,65)(H,56,63)(H,58,59)(H4,45,46,49)(H4,47,48,50)/t26-,27-,28+,29+,30+,31+,32+/m1/s1. The number of guanidine groups is 2. The van der Waals surface area contributed by atoms with E-state index in [0.29, 0.717) is 24.9 Å². The third kappa shape index (κ3) is 18.6. The predicted octanol–water partition coefficient (Wildman–Crippen LogP) is -2.37. The molecular formula is C43H66N14O10S2. The Morgan fingerprint density at radius 1 is 0.710 bits per heavy atom. The lowest BCUT2D eigenvalue weighted by Crippen LogP contribution is -2.61. The zero-order chi connectivity index (χ0) is 50.5. The van der Waals surface area contributed by atoms with E-state index in [1.165, 1.54) is 26.5 Å². The van der Waals surface area contributed by atoms with Crippen molar-refractivity contribution in [2.24, 2.45) is 44.6 Å². The third-order valence-corrected chi connectivity index (χ3v) is 14.2. The third-order valence-electron chi connectivity index (χ3n) is 11.8. The van der Waals surface area contributed by atoms with Gasteiger partial charge in [-0.25, -0.2) is 0 Å². The maximum Gasteiger partial charge on any atom is 0.305 e. The predicted molar refractivity (Wildman–Crippen MR) is 259 cm³/mol. The molecule has 0 spiro atoms. The van der Waals surface area contributed by atoms with Crippen molar-refractivity contribution in [2.45, 2.75) is 126 Å². The number of benzene rings is 1. The van der Waals surface area contributed by atoms with Crippen LogP contribution in [0.2, 0.25) is 0 Å². The van der Waals surface area contributed by atoms with Crippen LogP contribution in [0, 0.1) is 5.92 Å². The van der Waals surface area contributed by atoms with Crippen LogP contribution in [0.1, 0.15) is 93.8 Å². The normalized spacial score (nSPS) is 20.1. The fraction of sp³-hybridized carbons (Fsp3) is 0.605. The molecule has 2 aliphatic heterocycles. The maximum atomic E-state index is 14.2. The second-order valence-electron chi connectivity index (χ2n) is 17.1. The highest BCUT2D eigenvalue weighted by atomic mass is 33.1. The minimum atomic E-state index is -1.77. The molecule has 0 bridgehead atoms. The van der Waals surface area contributed by atoms with Crippen LogP contribution in [0.3, 0.4) is 0 Å². The number of likely N-dealkylation sites (tertiary alicyclic amines) is 1. The molecular weight excluding hydrogens is 937 g/mol. The van der Waals surface area contributed by atoms with Crippen LogP contribution in [-0.2, 0) is 38.4 Å². The Morgan fingerprint density at radius 3 is 1.87 bits per heavy atom. The number of nitrogens with two attached hydrogens (primary N) is 5. The van der Waals surface area contributed by atoms with Crippen molar-refractivity contribution in [3.05, 3.63) is 35.9 Å². The molecule has 1 aliphatic carbocycles. The largest absolute Gasteiger partial charge is 0.481 e. The van der Waals surface area contributed by atoms with Crippen LogP contribution in [0.4, 0.5) is 0 Å². The van der Waals surface area contributed by atoms with E-state index >= 15 is 0 Å². The van der Waals surface area contributed by atoms with E-state index in [1.54, 1.807) is 30.3 Å². The summed E-state index contributed by atoms with van der Waals surface area (Å²) in [6, 6.07) is -0.353. The number of amides is 8. The number of hydrogen-bond acceptors (Lipinski definition) is 13. The van der Waals surface area contributed by atoms with Crippen molar-refractivity contribution in [1.82, 2.24) is 36.8 Å². The van der Waals surface area contributed by atoms with Crippen molar-refractivity contribution in [3.63, 3.8) is 0 Å². The molecule has 24 nitrogen and oxygen atoms in total. The molecule has 2 heterocycles. The van der Waals surface area contributed by atoms with E-state index in [1.807, 2.05) is 0 Å². The number of nitrogens with zero attached hydrogens (tertiary/aromatic N) is 3. The molecule has 69 heavy (non-hydrogen) atoms. The van der Waals surface area contributed by atoms with Gasteiger partial charge in [-0.15, -0.1) is 0 Å². The van der Waals surface area contributed by atoms with Gasteiger partial charge >= 0.3 is 5.97 Å². The average Bonchev–Trinajstić information content (AvgIpc) is 3.80. The minimum Gasteiger partial charge on any atom is -0.481 e. The van der Waals surface area contributed by atoms with Gasteiger partial charge in [0.25, 0.3) is 5.91 Å². The molecule has 8 amide bonds. The number of carbonyl (C=O) groups excluding carboxylic acids is 8. The molecule has 380 valence electrons. The van der Waals surface area contributed by atoms with Crippen molar-refractivity contribution < 1.29 is 48.3 Å². The zero-order valence-electron chi connectivity index (χ0n) is 38.4. The second-order valence-corrected chi connectivity index (χ2v) is 19.6. The number of carboxylic acids is 1. The Kier molecular flexibility index (Phi) is 22.6. The minimum absolute atomic E-state index is 0.00329. The van der Waals surface area contributed by atoms with Gasteiger partial charge in [0.1, 0.15) is 42.3 Å². The van der Waals surface area contributed by atoms with E-state index in [2.05, 4.69) is 41.9 Å². The Morgan fingerprint density at radius 2 is 1.28 bits per heavy atom. The summed E-state index contributed by atoms with van der Waals surface area (Å²) in [4.78, 5) is 130. The lowest BCUT2D eigenvalue weighted by Gasteiger charge is -2.30. The van der Waals surface area contributed by atoms with Crippen molar-refractivity contribution in [3.8, 4) is 0 Å². The summed E-state index contributed by atoms with van der Waals surface area (Å²) in [5.74, 6) is -7.49. The Hall–Kier alpha value is -6.31. The highest BCUT2D eigenvalue weighted by molar-refractivity contribution is 8.76. The number of rotatable bonds is 24. The summed E-state index contributed by atoms with van der Waals surface area (Å²) in [7, 11) is 2.53. The topological polar surface area (TPSA) is 404 Å². The van der Waals surface area contributed by atoms with Gasteiger partial charge in [0, 0.05) is 36.7 Å². The summed E-state index contributed by atoms with van der Waals surface area (Å²) in [5.41, 5.74) is 27.8. The van der Waals surface area contributed by atoms with Crippen LogP contribution in [0.15, 0.2) is 40.3 Å². The highest BCUT2D eigenvalue weighted by Gasteiger charge is 2.38. The van der Waals surface area contributed by atoms with Gasteiger partial charge < -0.3 is 70.6 Å². The lowest BCUT2D eigenvalue weighted by molar-refractivity contribution is -0.141. The first-order valence-corrected chi connectivity index (χ1v) is 25.5. The van der Waals surface area contributed by atoms with Gasteiger partial charge in [0.05, 0.1) is 6.42 Å². The summed E-state index contributed by atoms with van der Waals surface area (Å²) in [5, 5.41) is 25.6. The summed E-state index contributed by atoms with van der Waals surface area (Å²) < 4.78 is 0. The molecule has 0 unspecified atom stereocenters. The van der Waals surface area contributed by atoms with E-state index in [4.69, 9.17) is 28.7 Å². The van der Waals surface area contributed by atoms with Gasteiger partial charge in [0.15, 0.2) is 11.9 Å². The molecule has 0 radical (unpaired) electrons. The first-order chi connectivity index (χ1) is 32.9. The summed E-state index contributed by atoms with van der Waals surface area (Å²) in [6.45, 7) is 0.404. The molecule has 7 atom stereocenters. The van der Waals surface area contributed by atoms with E-state index in [0.717, 1.165) is 32.1 Å². The fourth-order valence-electron chi connectivity index (χ4n) is 8.18. The van der Waals surface area contributed by atoms with Crippen LogP contribution in [0.25, 0.3) is 0 Å². The molecule has 0 aromatic heterocycles. The molecule has 26 heteroatoms. The molecule has 3 aliphatic rings. The van der Waals surface area contributed by atoms with Gasteiger partial charge in [-0.3, -0.25) is 53.1 Å². The summed E-state index contributed by atoms with van der Waals surface area (Å²) in [6.07, 6.45) is 4.52. The number of aliphatic carboxylic acids is 1. The van der Waals surface area contributed by atoms with Crippen molar-refractivity contribution >= 4 is 86.7 Å². The first kappa shape index (κ1) is 55.3. The molecule has 3 fully saturated rings. The lowest BCUT2D eigenvalue weighted by atomic mass is 9.84. The number of carboxylic acid groups (broad SMARTS) is 1. The SMILES string of the molecule is NC(=O)[C@@H]1CSSC[C@H](NC(=O)[C@H](CC2CCCCC2)NC(=O)[C@H](CC(=O)O)NC(=O)[C@@H](CCCN=C(N)N)NC(=O)[C@@H](CCCN=C(N)N)NC(=O)[C@@H]2CCCN2C(=O)c2ccccc2)C(=O)N1. The first-order valence-electron chi connectivity index (χ1n) is 23.0. The quantitative estimate of drug-likeness (QED) is 0.0223. The van der Waals surface area contributed by atoms with Gasteiger partial charge in [-0.1, -0.05) is 71.9 Å². The van der Waals surface area contributed by atoms with Crippen LogP contribution >= 0.6 is 21.6 Å². The second kappa shape index (κ2) is 28.2. The summed E-state index contributed by atoms with van der Waals surface area (Å²) >= 11 is 0. The Labute approximate surface area is 407 Å². The number of nitrogens with one attached hydrogen (secondary N) is 6. The number of carbonyl (C=O) groups is 9. The highest BCUT2D eigenvalue weighted by Crippen LogP contribution is 2.28. The molecule has 1 aromatic rings. The Bertz CT molecular complexity index is 2040. The molecule has 1 aromatic carbocycles. The van der Waals surface area contributed by atoms with Crippen molar-refractivity contribution in [1.29, 1.82) is 0 Å². The zero-order valence-corrected chi connectivity index (χ0v) is 40.0. The van der Waals surface area contributed by atoms with Crippen LogP contribution < -0.4 is 60.6 Å². The van der Waals surface area contributed by atoms with E-state index in [-0.39, 0.29) is 80.4 Å². The Balaban J connectivity index is 1.56. The average molecular weight is 1000 g/mol. The van der Waals surface area contributed by atoms with Gasteiger partial charge in [0.2, 0.25) is 41.4 Å². The van der Waals surface area contributed by atoms with Crippen LogP contribution in [-0.4, -0.2) is 149 Å². The molecule has 17 N–H and O–H groups in total. The number of aliphatic imine (C=N–C) groups is 2. The van der Waals surface area contributed by atoms with Gasteiger partial charge in [-0.2, -0.15) is 0 Å². The smallest absolute Gasteiger partial charge is 0.305 e. The van der Waals surface area contributed by atoms with E-state index < -0.39 is 96.0 Å². The van der Waals surface area contributed by atoms with Crippen LogP contribution in [0.5, 0.6) is 0 Å². The number of primary amides is 1. The maximum absolute atomic E-state index is 14.2. The molecule has 4 rings (SSSR count). The molecule has 2 saturated heterocycles. The van der Waals surface area contributed by atoms with Crippen molar-refractivity contribution in [2.75, 3.05) is 31.1 Å². The number of hydrogen-bond donors (Lipinski definition) is 12. The monoisotopic (exact) mass is 1000 g/mol. The molecule has 1 saturated carbocycles. The van der Waals surface area contributed by atoms with E-state index in [9.17, 15) is 48.3 Å². The fourth-order valence-corrected chi connectivity index (χ4v) is 10.5.